The summed E-state index contributed by atoms with van der Waals surface area (Å²) in [6.45, 7) is 4.54. The van der Waals surface area contributed by atoms with E-state index in [9.17, 15) is 9.59 Å². The van der Waals surface area contributed by atoms with Gasteiger partial charge in [-0.25, -0.2) is 0 Å². The van der Waals surface area contributed by atoms with Crippen molar-refractivity contribution in [1.82, 2.24) is 14.4 Å². The summed E-state index contributed by atoms with van der Waals surface area (Å²) in [6, 6.07) is 0. The first kappa shape index (κ1) is 16.6. The van der Waals surface area contributed by atoms with Crippen LogP contribution in [0.25, 0.3) is 6.08 Å². The first-order valence-electron chi connectivity index (χ1n) is 8.09. The van der Waals surface area contributed by atoms with Gasteiger partial charge in [0.25, 0.3) is 11.8 Å². The summed E-state index contributed by atoms with van der Waals surface area (Å²) in [7, 11) is 3.19. The van der Waals surface area contributed by atoms with Crippen molar-refractivity contribution in [2.24, 2.45) is 0 Å². The number of nitrogens with zero attached hydrogens (tertiary/aromatic N) is 3. The van der Waals surface area contributed by atoms with Crippen molar-refractivity contribution < 1.29 is 9.59 Å². The molecule has 2 heterocycles. The smallest absolute Gasteiger partial charge is 0.265 e. The molecule has 1 saturated heterocycles. The fourth-order valence-corrected chi connectivity index (χ4v) is 3.56. The molecule has 126 valence electrons. The molecule has 1 aromatic heterocycles. The highest BCUT2D eigenvalue weighted by Crippen LogP contribution is 2.29. The second-order valence-electron chi connectivity index (χ2n) is 6.23. The lowest BCUT2D eigenvalue weighted by Gasteiger charge is -2.31. The summed E-state index contributed by atoms with van der Waals surface area (Å²) in [5, 5.41) is 0.230. The van der Waals surface area contributed by atoms with Crippen LogP contribution in [-0.4, -0.2) is 45.4 Å². The summed E-state index contributed by atoms with van der Waals surface area (Å²) in [6.07, 6.45) is 9.92. The number of amides is 2. The predicted molar refractivity (Wildman–Crippen MR) is 97.4 cm³/mol. The minimum Gasteiger partial charge on any atom is -0.347 e. The Bertz CT molecular complexity index is 749. The van der Waals surface area contributed by atoms with Gasteiger partial charge in [-0.15, -0.1) is 6.58 Å². The van der Waals surface area contributed by atoms with Gasteiger partial charge in [0.1, 0.15) is 5.57 Å². The Morgan fingerprint density at radius 1 is 1.17 bits per heavy atom. The number of thiocarbonyl (C=S) groups is 1. The van der Waals surface area contributed by atoms with E-state index in [1.54, 1.807) is 20.2 Å². The Balaban J connectivity index is 2.07. The number of rotatable bonds is 3. The third kappa shape index (κ3) is 2.60. The summed E-state index contributed by atoms with van der Waals surface area (Å²) < 4.78 is 2.17. The molecule has 3 rings (SSSR count). The number of carbonyl (C=O) groups is 2. The van der Waals surface area contributed by atoms with Crippen LogP contribution in [0.15, 0.2) is 24.4 Å². The van der Waals surface area contributed by atoms with E-state index in [2.05, 4.69) is 11.1 Å². The van der Waals surface area contributed by atoms with Gasteiger partial charge in [0.05, 0.1) is 0 Å². The van der Waals surface area contributed by atoms with Gasteiger partial charge in [0.2, 0.25) is 0 Å². The average molecular weight is 343 g/mol. The van der Waals surface area contributed by atoms with Crippen LogP contribution in [-0.2, 0) is 29.0 Å². The minimum absolute atomic E-state index is 0.165. The molecule has 1 aliphatic carbocycles. The quantitative estimate of drug-likeness (QED) is 0.366. The molecule has 5 nitrogen and oxygen atoms in total. The molecule has 0 unspecified atom stereocenters. The molecule has 0 spiro atoms. The largest absolute Gasteiger partial charge is 0.347 e. The summed E-state index contributed by atoms with van der Waals surface area (Å²) in [4.78, 5) is 27.7. The summed E-state index contributed by atoms with van der Waals surface area (Å²) >= 11 is 5.13. The third-order valence-electron chi connectivity index (χ3n) is 4.70. The Labute approximate surface area is 147 Å². The van der Waals surface area contributed by atoms with Gasteiger partial charge in [-0.05, 0) is 55.1 Å². The zero-order chi connectivity index (χ0) is 17.4. The summed E-state index contributed by atoms with van der Waals surface area (Å²) in [5.74, 6) is -0.687. The average Bonchev–Trinajstić information content (AvgIpc) is 2.93. The molecule has 2 aliphatic rings. The second-order valence-corrected chi connectivity index (χ2v) is 6.59. The molecule has 0 saturated carbocycles. The van der Waals surface area contributed by atoms with Crippen LogP contribution in [0.3, 0.4) is 0 Å². The van der Waals surface area contributed by atoms with Crippen LogP contribution in [0.2, 0.25) is 0 Å². The molecule has 24 heavy (non-hydrogen) atoms. The maximum atomic E-state index is 12.5. The third-order valence-corrected chi connectivity index (χ3v) is 5.25. The van der Waals surface area contributed by atoms with Crippen molar-refractivity contribution in [2.75, 3.05) is 14.1 Å². The molecule has 6 heteroatoms. The topological polar surface area (TPSA) is 45.6 Å². The fraction of sp³-hybridized carbons (Fsp3) is 0.389. The molecule has 0 aromatic carbocycles. The maximum Gasteiger partial charge on any atom is 0.265 e. The van der Waals surface area contributed by atoms with Gasteiger partial charge in [0, 0.05) is 32.5 Å². The molecule has 0 atom stereocenters. The van der Waals surface area contributed by atoms with E-state index in [4.69, 9.17) is 12.2 Å². The Hall–Kier alpha value is -2.21. The van der Waals surface area contributed by atoms with Gasteiger partial charge in [0.15, 0.2) is 5.11 Å². The Kier molecular flexibility index (Phi) is 4.41. The molecule has 1 aromatic rings. The molecule has 0 N–H and O–H groups in total. The molecule has 2 amide bonds. The standard InChI is InChI=1S/C18H21N3O2S/c1-4-9-21-11-12(13-7-5-6-8-15(13)21)10-14-16(22)19(2)18(24)20(3)17(14)23/h4,10-11H,1,5-9H2,2-3H3. The highest BCUT2D eigenvalue weighted by molar-refractivity contribution is 7.80. The molecule has 0 radical (unpaired) electrons. The monoisotopic (exact) mass is 343 g/mol. The lowest BCUT2D eigenvalue weighted by molar-refractivity contribution is -0.132. The SMILES string of the molecule is C=CCn1cc(C=C2C(=O)N(C)C(=S)N(C)C2=O)c2c1CCCC2. The van der Waals surface area contributed by atoms with E-state index >= 15 is 0 Å². The van der Waals surface area contributed by atoms with Crippen molar-refractivity contribution in [3.63, 3.8) is 0 Å². The number of carbonyl (C=O) groups excluding carboxylic acids is 2. The first-order valence-corrected chi connectivity index (χ1v) is 8.50. The van der Waals surface area contributed by atoms with E-state index in [0.29, 0.717) is 0 Å². The normalized spacial score (nSPS) is 18.1. The Morgan fingerprint density at radius 2 is 1.79 bits per heavy atom. The number of likely N-dealkylation sites (N-methyl/N-ethyl adjacent to an activating group) is 2. The van der Waals surface area contributed by atoms with E-state index in [1.165, 1.54) is 27.5 Å². The molecule has 1 aliphatic heterocycles. The van der Waals surface area contributed by atoms with E-state index in [1.807, 2.05) is 12.3 Å². The van der Waals surface area contributed by atoms with Gasteiger partial charge in [-0.3, -0.25) is 19.4 Å². The van der Waals surface area contributed by atoms with Gasteiger partial charge < -0.3 is 4.57 Å². The number of hydrogen-bond donors (Lipinski definition) is 0. The van der Waals surface area contributed by atoms with Crippen LogP contribution >= 0.6 is 12.2 Å². The second kappa shape index (κ2) is 6.36. The first-order chi connectivity index (χ1) is 11.5. The zero-order valence-corrected chi connectivity index (χ0v) is 14.9. The van der Waals surface area contributed by atoms with Gasteiger partial charge in [-0.2, -0.15) is 0 Å². The van der Waals surface area contributed by atoms with Crippen LogP contribution in [0.1, 0.15) is 29.7 Å². The van der Waals surface area contributed by atoms with Crippen LogP contribution in [0.5, 0.6) is 0 Å². The van der Waals surface area contributed by atoms with Crippen LogP contribution < -0.4 is 0 Å². The molecule has 0 bridgehead atoms. The van der Waals surface area contributed by atoms with Crippen LogP contribution in [0.4, 0.5) is 0 Å². The van der Waals surface area contributed by atoms with E-state index in [0.717, 1.165) is 31.4 Å². The lowest BCUT2D eigenvalue weighted by atomic mass is 9.94. The van der Waals surface area contributed by atoms with Crippen molar-refractivity contribution in [1.29, 1.82) is 0 Å². The molecular formula is C18H21N3O2S. The molecule has 1 fully saturated rings. The highest BCUT2D eigenvalue weighted by Gasteiger charge is 2.35. The zero-order valence-electron chi connectivity index (χ0n) is 14.0. The van der Waals surface area contributed by atoms with Gasteiger partial charge >= 0.3 is 0 Å². The highest BCUT2D eigenvalue weighted by atomic mass is 32.1. The van der Waals surface area contributed by atoms with Crippen LogP contribution in [0, 0.1) is 0 Å². The number of aromatic nitrogens is 1. The predicted octanol–water partition coefficient (Wildman–Crippen LogP) is 2.15. The molecular weight excluding hydrogens is 322 g/mol. The minimum atomic E-state index is -0.343. The van der Waals surface area contributed by atoms with E-state index in [-0.39, 0.29) is 22.5 Å². The maximum absolute atomic E-state index is 12.5. The summed E-state index contributed by atoms with van der Waals surface area (Å²) in [5.41, 5.74) is 3.66. The van der Waals surface area contributed by atoms with Crippen molar-refractivity contribution in [3.05, 3.63) is 41.2 Å². The van der Waals surface area contributed by atoms with E-state index < -0.39 is 0 Å². The number of fused-ring (bicyclic) bond motifs is 1. The number of allylic oxidation sites excluding steroid dienone is 1. The number of hydrogen-bond acceptors (Lipinski definition) is 3. The lowest BCUT2D eigenvalue weighted by Crippen LogP contribution is -2.52. The van der Waals surface area contributed by atoms with Crippen molar-refractivity contribution in [2.45, 2.75) is 32.2 Å². The Morgan fingerprint density at radius 3 is 2.42 bits per heavy atom. The fourth-order valence-electron chi connectivity index (χ4n) is 3.40. The van der Waals surface area contributed by atoms with Crippen molar-refractivity contribution in [3.8, 4) is 0 Å². The van der Waals surface area contributed by atoms with Gasteiger partial charge in [-0.1, -0.05) is 6.08 Å². The van der Waals surface area contributed by atoms with Crippen molar-refractivity contribution >= 4 is 35.2 Å².